The molecule has 0 aliphatic rings. The van der Waals surface area contributed by atoms with Crippen LogP contribution in [0.25, 0.3) is 11.1 Å². The van der Waals surface area contributed by atoms with Crippen LogP contribution >= 0.6 is 0 Å². The fourth-order valence-corrected chi connectivity index (χ4v) is 1.64. The van der Waals surface area contributed by atoms with Crippen LogP contribution in [0.5, 0.6) is 0 Å². The van der Waals surface area contributed by atoms with E-state index < -0.39 is 0 Å². The van der Waals surface area contributed by atoms with Gasteiger partial charge in [-0.1, -0.05) is 36.4 Å². The number of benzene rings is 2. The van der Waals surface area contributed by atoms with E-state index in [1.807, 2.05) is 24.3 Å². The second-order valence-electron chi connectivity index (χ2n) is 3.75. The second kappa shape index (κ2) is 4.81. The number of nitrogen functional groups attached to an aromatic ring is 1. The van der Waals surface area contributed by atoms with Gasteiger partial charge in [-0.15, -0.1) is 0 Å². The molecular formula is C14H15NO. The maximum Gasteiger partial charge on any atom is 0.0713 e. The van der Waals surface area contributed by atoms with Crippen molar-refractivity contribution in [1.82, 2.24) is 0 Å². The third-order valence-electron chi connectivity index (χ3n) is 2.51. The van der Waals surface area contributed by atoms with Crippen LogP contribution in [0.2, 0.25) is 0 Å². The number of rotatable bonds is 3. The van der Waals surface area contributed by atoms with Gasteiger partial charge in [-0.25, -0.2) is 0 Å². The Balaban J connectivity index is 2.24. The maximum absolute atomic E-state index is 5.65. The molecule has 2 aromatic carbocycles. The molecule has 2 aromatic rings. The van der Waals surface area contributed by atoms with Crippen LogP contribution in [0.15, 0.2) is 48.5 Å². The van der Waals surface area contributed by atoms with Gasteiger partial charge in [-0.05, 0) is 28.8 Å². The molecule has 0 spiro atoms. The smallest absolute Gasteiger partial charge is 0.0713 e. The summed E-state index contributed by atoms with van der Waals surface area (Å²) in [6.07, 6.45) is 0. The van der Waals surface area contributed by atoms with Crippen LogP contribution in [0.4, 0.5) is 5.69 Å². The summed E-state index contributed by atoms with van der Waals surface area (Å²) >= 11 is 0. The van der Waals surface area contributed by atoms with E-state index in [-0.39, 0.29) is 0 Å². The van der Waals surface area contributed by atoms with Crippen molar-refractivity contribution in [3.63, 3.8) is 0 Å². The van der Waals surface area contributed by atoms with E-state index in [9.17, 15) is 0 Å². The molecular weight excluding hydrogens is 198 g/mol. The Morgan fingerprint density at radius 3 is 1.88 bits per heavy atom. The summed E-state index contributed by atoms with van der Waals surface area (Å²) in [7, 11) is 1.70. The molecule has 2 N–H and O–H groups in total. The highest BCUT2D eigenvalue weighted by Crippen LogP contribution is 2.21. The third-order valence-corrected chi connectivity index (χ3v) is 2.51. The van der Waals surface area contributed by atoms with Gasteiger partial charge in [0, 0.05) is 12.8 Å². The fourth-order valence-electron chi connectivity index (χ4n) is 1.64. The summed E-state index contributed by atoms with van der Waals surface area (Å²) in [6, 6.07) is 16.2. The van der Waals surface area contributed by atoms with Crippen LogP contribution in [0, 0.1) is 0 Å². The van der Waals surface area contributed by atoms with E-state index in [0.717, 1.165) is 5.69 Å². The van der Waals surface area contributed by atoms with Crippen LogP contribution in [-0.2, 0) is 11.3 Å². The Labute approximate surface area is 95.7 Å². The zero-order valence-corrected chi connectivity index (χ0v) is 9.31. The molecule has 0 saturated heterocycles. The Bertz CT molecular complexity index is 445. The van der Waals surface area contributed by atoms with E-state index in [4.69, 9.17) is 10.5 Å². The predicted octanol–water partition coefficient (Wildman–Crippen LogP) is 3.08. The topological polar surface area (TPSA) is 35.2 Å². The first-order chi connectivity index (χ1) is 7.79. The molecule has 0 aliphatic heterocycles. The van der Waals surface area contributed by atoms with E-state index >= 15 is 0 Å². The standard InChI is InChI=1S/C14H15NO/c1-16-10-11-2-4-12(5-3-11)13-6-8-14(15)9-7-13/h2-9H,10,15H2,1H3. The number of methoxy groups -OCH3 is 1. The summed E-state index contributed by atoms with van der Waals surface area (Å²) in [6.45, 7) is 0.655. The molecule has 0 radical (unpaired) electrons. The first-order valence-electron chi connectivity index (χ1n) is 5.23. The highest BCUT2D eigenvalue weighted by molar-refractivity contribution is 5.65. The van der Waals surface area contributed by atoms with E-state index in [1.165, 1.54) is 16.7 Å². The molecule has 2 rings (SSSR count). The number of hydrogen-bond donors (Lipinski definition) is 1. The molecule has 2 heteroatoms. The van der Waals surface area contributed by atoms with Crippen molar-refractivity contribution >= 4 is 5.69 Å². The van der Waals surface area contributed by atoms with Crippen molar-refractivity contribution in [1.29, 1.82) is 0 Å². The van der Waals surface area contributed by atoms with Crippen molar-refractivity contribution in [2.75, 3.05) is 12.8 Å². The maximum atomic E-state index is 5.65. The van der Waals surface area contributed by atoms with Gasteiger partial charge in [0.1, 0.15) is 0 Å². The number of hydrogen-bond acceptors (Lipinski definition) is 2. The first kappa shape index (κ1) is 10.7. The fraction of sp³-hybridized carbons (Fsp3) is 0.143. The Morgan fingerprint density at radius 1 is 0.875 bits per heavy atom. The predicted molar refractivity (Wildman–Crippen MR) is 67.0 cm³/mol. The lowest BCUT2D eigenvalue weighted by molar-refractivity contribution is 0.185. The lowest BCUT2D eigenvalue weighted by Crippen LogP contribution is -1.87. The van der Waals surface area contributed by atoms with E-state index in [0.29, 0.717) is 6.61 Å². The zero-order valence-electron chi connectivity index (χ0n) is 9.31. The van der Waals surface area contributed by atoms with Gasteiger partial charge in [0.2, 0.25) is 0 Å². The lowest BCUT2D eigenvalue weighted by atomic mass is 10.0. The van der Waals surface area contributed by atoms with Crippen LogP contribution in [0.1, 0.15) is 5.56 Å². The van der Waals surface area contributed by atoms with Gasteiger partial charge >= 0.3 is 0 Å². The molecule has 0 bridgehead atoms. The highest BCUT2D eigenvalue weighted by atomic mass is 16.5. The van der Waals surface area contributed by atoms with Gasteiger partial charge in [0.05, 0.1) is 6.61 Å². The largest absolute Gasteiger partial charge is 0.399 e. The molecule has 0 heterocycles. The quantitative estimate of drug-likeness (QED) is 0.795. The summed E-state index contributed by atoms with van der Waals surface area (Å²) in [5, 5.41) is 0. The lowest BCUT2D eigenvalue weighted by Gasteiger charge is -2.04. The molecule has 0 aromatic heterocycles. The molecule has 82 valence electrons. The van der Waals surface area contributed by atoms with Crippen LogP contribution < -0.4 is 5.73 Å². The first-order valence-corrected chi connectivity index (χ1v) is 5.23. The normalized spacial score (nSPS) is 10.3. The SMILES string of the molecule is COCc1ccc(-c2ccc(N)cc2)cc1. The second-order valence-corrected chi connectivity index (χ2v) is 3.75. The van der Waals surface area contributed by atoms with Crippen molar-refractivity contribution in [3.05, 3.63) is 54.1 Å². The summed E-state index contributed by atoms with van der Waals surface area (Å²) in [4.78, 5) is 0. The Hall–Kier alpha value is -1.80. The average molecular weight is 213 g/mol. The van der Waals surface area contributed by atoms with Gasteiger partial charge < -0.3 is 10.5 Å². The molecule has 0 unspecified atom stereocenters. The minimum absolute atomic E-state index is 0.655. The van der Waals surface area contributed by atoms with Gasteiger partial charge in [0.15, 0.2) is 0 Å². The molecule has 0 saturated carbocycles. The summed E-state index contributed by atoms with van der Waals surface area (Å²) in [5.41, 5.74) is 10.00. The Morgan fingerprint density at radius 2 is 1.38 bits per heavy atom. The van der Waals surface area contributed by atoms with Crippen molar-refractivity contribution < 1.29 is 4.74 Å². The van der Waals surface area contributed by atoms with E-state index in [2.05, 4.69) is 24.3 Å². The van der Waals surface area contributed by atoms with Gasteiger partial charge in [-0.3, -0.25) is 0 Å². The van der Waals surface area contributed by atoms with Gasteiger partial charge in [-0.2, -0.15) is 0 Å². The van der Waals surface area contributed by atoms with Crippen molar-refractivity contribution in [2.45, 2.75) is 6.61 Å². The number of anilines is 1. The van der Waals surface area contributed by atoms with Crippen molar-refractivity contribution in [2.24, 2.45) is 0 Å². The summed E-state index contributed by atoms with van der Waals surface area (Å²) < 4.78 is 5.07. The average Bonchev–Trinajstić information content (AvgIpc) is 2.32. The van der Waals surface area contributed by atoms with Crippen LogP contribution in [0.3, 0.4) is 0 Å². The van der Waals surface area contributed by atoms with E-state index in [1.54, 1.807) is 7.11 Å². The minimum Gasteiger partial charge on any atom is -0.399 e. The van der Waals surface area contributed by atoms with Crippen molar-refractivity contribution in [3.8, 4) is 11.1 Å². The molecule has 16 heavy (non-hydrogen) atoms. The third kappa shape index (κ3) is 2.41. The molecule has 0 fully saturated rings. The monoisotopic (exact) mass is 213 g/mol. The zero-order chi connectivity index (χ0) is 11.4. The molecule has 0 aliphatic carbocycles. The number of ether oxygens (including phenoxy) is 1. The molecule has 2 nitrogen and oxygen atoms in total. The molecule has 0 atom stereocenters. The molecule has 0 amide bonds. The van der Waals surface area contributed by atoms with Gasteiger partial charge in [0.25, 0.3) is 0 Å². The number of nitrogens with two attached hydrogens (primary N) is 1. The Kier molecular flexibility index (Phi) is 3.22. The van der Waals surface area contributed by atoms with Crippen LogP contribution in [-0.4, -0.2) is 7.11 Å². The highest BCUT2D eigenvalue weighted by Gasteiger charge is 1.97. The summed E-state index contributed by atoms with van der Waals surface area (Å²) in [5.74, 6) is 0. The minimum atomic E-state index is 0.655.